The van der Waals surface area contributed by atoms with Gasteiger partial charge in [0.1, 0.15) is 0 Å². The van der Waals surface area contributed by atoms with E-state index in [1.165, 1.54) is 12.7 Å². The summed E-state index contributed by atoms with van der Waals surface area (Å²) in [6, 6.07) is 0. The fraction of sp³-hybridized carbons (Fsp3) is 0.727. The molecular formula is C11H20O2. The first-order chi connectivity index (χ1) is 6.13. The van der Waals surface area contributed by atoms with E-state index in [4.69, 9.17) is 0 Å². The number of hydrogen-bond donors (Lipinski definition) is 0. The Kier molecular flexibility index (Phi) is 6.29. The largest absolute Gasteiger partial charge is 0.466 e. The zero-order valence-electron chi connectivity index (χ0n) is 9.09. The lowest BCUT2D eigenvalue weighted by molar-refractivity contribution is -0.134. The van der Waals surface area contributed by atoms with E-state index in [0.29, 0.717) is 5.92 Å². The zero-order valence-corrected chi connectivity index (χ0v) is 9.09. The molecule has 2 nitrogen and oxygen atoms in total. The minimum Gasteiger partial charge on any atom is -0.466 e. The van der Waals surface area contributed by atoms with E-state index in [1.54, 1.807) is 6.08 Å². The van der Waals surface area contributed by atoms with Crippen LogP contribution in [0.15, 0.2) is 11.6 Å². The van der Waals surface area contributed by atoms with E-state index in [9.17, 15) is 4.79 Å². The molecule has 0 aromatic rings. The molecule has 0 saturated heterocycles. The Morgan fingerprint density at radius 3 is 2.46 bits per heavy atom. The van der Waals surface area contributed by atoms with Crippen molar-refractivity contribution in [2.75, 3.05) is 7.11 Å². The van der Waals surface area contributed by atoms with Crippen molar-refractivity contribution in [2.45, 2.75) is 40.0 Å². The van der Waals surface area contributed by atoms with Crippen molar-refractivity contribution in [3.63, 3.8) is 0 Å². The van der Waals surface area contributed by atoms with Gasteiger partial charge in [0.2, 0.25) is 0 Å². The van der Waals surface area contributed by atoms with Crippen LogP contribution >= 0.6 is 0 Å². The molecule has 0 aromatic carbocycles. The Hall–Kier alpha value is -0.790. The molecule has 0 fully saturated rings. The molecule has 0 bridgehead atoms. The predicted molar refractivity (Wildman–Crippen MR) is 54.5 cm³/mol. The summed E-state index contributed by atoms with van der Waals surface area (Å²) >= 11 is 0. The molecule has 76 valence electrons. The van der Waals surface area contributed by atoms with Gasteiger partial charge in [0.05, 0.1) is 7.11 Å². The van der Waals surface area contributed by atoms with Gasteiger partial charge in [0, 0.05) is 6.08 Å². The third kappa shape index (κ3) is 5.45. The number of carbonyl (C=O) groups excluding carboxylic acids is 1. The summed E-state index contributed by atoms with van der Waals surface area (Å²) < 4.78 is 4.58. The Bertz CT molecular complexity index is 183. The zero-order chi connectivity index (χ0) is 10.3. The molecule has 0 N–H and O–H groups in total. The molecule has 0 spiro atoms. The van der Waals surface area contributed by atoms with Gasteiger partial charge in [-0.2, -0.15) is 0 Å². The maximum atomic E-state index is 11.0. The molecule has 2 heteroatoms. The SMILES string of the molecule is CC/C(=C\C(=O)OC)CC(C)CC. The van der Waals surface area contributed by atoms with E-state index in [2.05, 4.69) is 25.5 Å². The molecule has 0 aromatic heterocycles. The highest BCUT2D eigenvalue weighted by Gasteiger charge is 2.04. The molecule has 0 radical (unpaired) electrons. The van der Waals surface area contributed by atoms with Crippen molar-refractivity contribution < 1.29 is 9.53 Å². The Morgan fingerprint density at radius 1 is 1.46 bits per heavy atom. The van der Waals surface area contributed by atoms with E-state index < -0.39 is 0 Å². The molecule has 0 heterocycles. The number of esters is 1. The second kappa shape index (κ2) is 6.70. The quantitative estimate of drug-likeness (QED) is 0.485. The summed E-state index contributed by atoms with van der Waals surface area (Å²) in [5, 5.41) is 0. The fourth-order valence-electron chi connectivity index (χ4n) is 1.12. The van der Waals surface area contributed by atoms with Crippen molar-refractivity contribution in [2.24, 2.45) is 5.92 Å². The van der Waals surface area contributed by atoms with Gasteiger partial charge in [-0.3, -0.25) is 0 Å². The van der Waals surface area contributed by atoms with E-state index >= 15 is 0 Å². The van der Waals surface area contributed by atoms with Gasteiger partial charge in [-0.15, -0.1) is 0 Å². The third-order valence-electron chi connectivity index (χ3n) is 2.28. The number of rotatable bonds is 5. The van der Waals surface area contributed by atoms with Crippen molar-refractivity contribution in [1.82, 2.24) is 0 Å². The van der Waals surface area contributed by atoms with Crippen LogP contribution in [0, 0.1) is 5.92 Å². The van der Waals surface area contributed by atoms with E-state index in [-0.39, 0.29) is 5.97 Å². The summed E-state index contributed by atoms with van der Waals surface area (Å²) in [6.45, 7) is 6.42. The lowest BCUT2D eigenvalue weighted by Crippen LogP contribution is -2.00. The smallest absolute Gasteiger partial charge is 0.330 e. The number of allylic oxidation sites excluding steroid dienone is 1. The summed E-state index contributed by atoms with van der Waals surface area (Å²) in [4.78, 5) is 11.0. The van der Waals surface area contributed by atoms with Gasteiger partial charge in [-0.25, -0.2) is 4.79 Å². The van der Waals surface area contributed by atoms with E-state index in [0.717, 1.165) is 19.3 Å². The minimum atomic E-state index is -0.236. The first-order valence-corrected chi connectivity index (χ1v) is 4.91. The first-order valence-electron chi connectivity index (χ1n) is 4.91. The average Bonchev–Trinajstić information content (AvgIpc) is 2.16. The topological polar surface area (TPSA) is 26.3 Å². The second-order valence-corrected chi connectivity index (χ2v) is 3.40. The molecule has 0 aliphatic carbocycles. The van der Waals surface area contributed by atoms with Gasteiger partial charge < -0.3 is 4.74 Å². The van der Waals surface area contributed by atoms with Crippen LogP contribution in [-0.2, 0) is 9.53 Å². The molecule has 13 heavy (non-hydrogen) atoms. The molecular weight excluding hydrogens is 164 g/mol. The number of ether oxygens (including phenoxy) is 1. The van der Waals surface area contributed by atoms with Gasteiger partial charge in [-0.1, -0.05) is 32.8 Å². The highest BCUT2D eigenvalue weighted by molar-refractivity contribution is 5.82. The van der Waals surface area contributed by atoms with Crippen molar-refractivity contribution in [1.29, 1.82) is 0 Å². The fourth-order valence-corrected chi connectivity index (χ4v) is 1.12. The van der Waals surface area contributed by atoms with E-state index in [1.807, 2.05) is 0 Å². The van der Waals surface area contributed by atoms with Gasteiger partial charge in [0.15, 0.2) is 0 Å². The first kappa shape index (κ1) is 12.2. The number of hydrogen-bond acceptors (Lipinski definition) is 2. The molecule has 0 rings (SSSR count). The van der Waals surface area contributed by atoms with Crippen LogP contribution in [0.5, 0.6) is 0 Å². The highest BCUT2D eigenvalue weighted by Crippen LogP contribution is 2.16. The maximum absolute atomic E-state index is 11.0. The van der Waals surface area contributed by atoms with Crippen molar-refractivity contribution >= 4 is 5.97 Å². The average molecular weight is 184 g/mol. The lowest BCUT2D eigenvalue weighted by Gasteiger charge is -2.09. The maximum Gasteiger partial charge on any atom is 0.330 e. The van der Waals surface area contributed by atoms with Crippen LogP contribution in [0.25, 0.3) is 0 Å². The predicted octanol–water partition coefficient (Wildman–Crippen LogP) is 2.93. The van der Waals surface area contributed by atoms with Crippen molar-refractivity contribution in [3.05, 3.63) is 11.6 Å². The summed E-state index contributed by atoms with van der Waals surface area (Å²) in [6.07, 6.45) is 4.70. The molecule has 0 saturated carbocycles. The normalized spacial score (nSPS) is 14.0. The molecule has 0 aliphatic rings. The third-order valence-corrected chi connectivity index (χ3v) is 2.28. The second-order valence-electron chi connectivity index (χ2n) is 3.40. The number of carbonyl (C=O) groups is 1. The Labute approximate surface area is 81.0 Å². The Morgan fingerprint density at radius 2 is 2.08 bits per heavy atom. The van der Waals surface area contributed by atoms with Crippen LogP contribution in [-0.4, -0.2) is 13.1 Å². The van der Waals surface area contributed by atoms with Crippen LogP contribution in [0.3, 0.4) is 0 Å². The van der Waals surface area contributed by atoms with Crippen molar-refractivity contribution in [3.8, 4) is 0 Å². The van der Waals surface area contributed by atoms with Gasteiger partial charge in [-0.05, 0) is 18.8 Å². The molecule has 1 unspecified atom stereocenters. The lowest BCUT2D eigenvalue weighted by atomic mass is 9.97. The monoisotopic (exact) mass is 184 g/mol. The summed E-state index contributed by atoms with van der Waals surface area (Å²) in [5.41, 5.74) is 1.18. The minimum absolute atomic E-state index is 0.236. The van der Waals surface area contributed by atoms with Gasteiger partial charge >= 0.3 is 5.97 Å². The van der Waals surface area contributed by atoms with Gasteiger partial charge in [0.25, 0.3) is 0 Å². The highest BCUT2D eigenvalue weighted by atomic mass is 16.5. The molecule has 1 atom stereocenters. The van der Waals surface area contributed by atoms with Crippen LogP contribution in [0.4, 0.5) is 0 Å². The van der Waals surface area contributed by atoms with Crippen LogP contribution in [0.1, 0.15) is 40.0 Å². The molecule has 0 aliphatic heterocycles. The van der Waals surface area contributed by atoms with Crippen LogP contribution in [0.2, 0.25) is 0 Å². The number of methoxy groups -OCH3 is 1. The summed E-state index contributed by atoms with van der Waals surface area (Å²) in [5.74, 6) is 0.413. The Balaban J connectivity index is 4.16. The standard InChI is InChI=1S/C11H20O2/c1-5-9(3)7-10(6-2)8-11(12)13-4/h8-9H,5-7H2,1-4H3/b10-8+. The molecule has 0 amide bonds. The van der Waals surface area contributed by atoms with Crippen LogP contribution < -0.4 is 0 Å². The summed E-state index contributed by atoms with van der Waals surface area (Å²) in [7, 11) is 1.41.